The van der Waals surface area contributed by atoms with Crippen LogP contribution >= 0.6 is 15.9 Å². The van der Waals surface area contributed by atoms with Gasteiger partial charge in [0, 0.05) is 4.47 Å². The highest BCUT2D eigenvalue weighted by atomic mass is 79.9. The Labute approximate surface area is 87.3 Å². The van der Waals surface area contributed by atoms with Crippen LogP contribution in [0.15, 0.2) is 16.6 Å². The molecule has 1 aromatic carbocycles. The van der Waals surface area contributed by atoms with Crippen LogP contribution in [0.3, 0.4) is 0 Å². The van der Waals surface area contributed by atoms with Crippen LogP contribution in [0.4, 0.5) is 13.2 Å². The van der Waals surface area contributed by atoms with Gasteiger partial charge in [0.15, 0.2) is 0 Å². The third-order valence-electron chi connectivity index (χ3n) is 1.69. The lowest BCUT2D eigenvalue weighted by molar-refractivity contribution is -0.138. The van der Waals surface area contributed by atoms with E-state index in [1.54, 1.807) is 6.07 Å². The third kappa shape index (κ3) is 2.07. The van der Waals surface area contributed by atoms with Crippen LogP contribution in [0.25, 0.3) is 0 Å². The second-order valence-corrected chi connectivity index (χ2v) is 3.56. The summed E-state index contributed by atoms with van der Waals surface area (Å²) < 4.78 is 37.2. The molecule has 0 saturated heterocycles. The van der Waals surface area contributed by atoms with E-state index in [4.69, 9.17) is 5.26 Å². The van der Waals surface area contributed by atoms with Crippen molar-refractivity contribution in [2.45, 2.75) is 13.1 Å². The van der Waals surface area contributed by atoms with Crippen LogP contribution in [0.1, 0.15) is 16.7 Å². The molecule has 0 aromatic heterocycles. The van der Waals surface area contributed by atoms with E-state index < -0.39 is 11.7 Å². The monoisotopic (exact) mass is 263 g/mol. The van der Waals surface area contributed by atoms with Gasteiger partial charge in [-0.1, -0.05) is 0 Å². The molecule has 0 heterocycles. The highest BCUT2D eigenvalue weighted by Gasteiger charge is 2.33. The van der Waals surface area contributed by atoms with Gasteiger partial charge in [0.25, 0.3) is 0 Å². The maximum Gasteiger partial charge on any atom is 0.417 e. The summed E-state index contributed by atoms with van der Waals surface area (Å²) >= 11 is 2.85. The normalized spacial score (nSPS) is 11.1. The van der Waals surface area contributed by atoms with E-state index in [2.05, 4.69) is 15.9 Å². The van der Waals surface area contributed by atoms with Gasteiger partial charge in [-0.25, -0.2) is 0 Å². The summed E-state index contributed by atoms with van der Waals surface area (Å²) in [4.78, 5) is 0. The van der Waals surface area contributed by atoms with Crippen molar-refractivity contribution in [3.63, 3.8) is 0 Å². The number of rotatable bonds is 0. The van der Waals surface area contributed by atoms with E-state index in [1.807, 2.05) is 0 Å². The predicted octanol–water partition coefficient (Wildman–Crippen LogP) is 3.65. The SMILES string of the molecule is Cc1cc(C#N)cc(C(F)(F)F)c1Br. The molecule has 74 valence electrons. The number of hydrogen-bond acceptors (Lipinski definition) is 1. The Morgan fingerprint density at radius 3 is 2.36 bits per heavy atom. The second-order valence-electron chi connectivity index (χ2n) is 2.76. The average molecular weight is 264 g/mol. The van der Waals surface area contributed by atoms with Crippen LogP contribution < -0.4 is 0 Å². The molecule has 0 unspecified atom stereocenters. The van der Waals surface area contributed by atoms with Crippen molar-refractivity contribution in [2.24, 2.45) is 0 Å². The van der Waals surface area contributed by atoms with Gasteiger partial charge in [-0.15, -0.1) is 0 Å². The fraction of sp³-hybridized carbons (Fsp3) is 0.222. The molecule has 1 aromatic rings. The van der Waals surface area contributed by atoms with Gasteiger partial charge in [-0.3, -0.25) is 0 Å². The molecule has 0 aliphatic rings. The molecule has 0 amide bonds. The topological polar surface area (TPSA) is 23.8 Å². The van der Waals surface area contributed by atoms with Gasteiger partial charge < -0.3 is 0 Å². The summed E-state index contributed by atoms with van der Waals surface area (Å²) in [7, 11) is 0. The van der Waals surface area contributed by atoms with Gasteiger partial charge in [0.2, 0.25) is 0 Å². The summed E-state index contributed by atoms with van der Waals surface area (Å²) in [5, 5.41) is 8.51. The summed E-state index contributed by atoms with van der Waals surface area (Å²) in [5.41, 5.74) is -0.400. The van der Waals surface area contributed by atoms with Crippen molar-refractivity contribution in [3.8, 4) is 6.07 Å². The zero-order valence-electron chi connectivity index (χ0n) is 7.11. The summed E-state index contributed by atoms with van der Waals surface area (Å²) in [6.45, 7) is 1.51. The Morgan fingerprint density at radius 1 is 1.36 bits per heavy atom. The van der Waals surface area contributed by atoms with E-state index in [1.165, 1.54) is 13.0 Å². The van der Waals surface area contributed by atoms with E-state index >= 15 is 0 Å². The first-order valence-corrected chi connectivity index (χ1v) is 4.43. The lowest BCUT2D eigenvalue weighted by Crippen LogP contribution is -2.07. The molecule has 0 N–H and O–H groups in total. The molecule has 0 spiro atoms. The minimum Gasteiger partial charge on any atom is -0.192 e. The number of hydrogen-bond donors (Lipinski definition) is 0. The van der Waals surface area contributed by atoms with E-state index in [0.717, 1.165) is 6.07 Å². The zero-order chi connectivity index (χ0) is 10.9. The zero-order valence-corrected chi connectivity index (χ0v) is 8.70. The first kappa shape index (κ1) is 11.1. The van der Waals surface area contributed by atoms with Crippen molar-refractivity contribution in [2.75, 3.05) is 0 Å². The number of nitrogens with zero attached hydrogens (tertiary/aromatic N) is 1. The number of aryl methyl sites for hydroxylation is 1. The van der Waals surface area contributed by atoms with Gasteiger partial charge in [-0.05, 0) is 40.5 Å². The molecule has 0 fully saturated rings. The number of nitriles is 1. The maximum absolute atomic E-state index is 12.4. The highest BCUT2D eigenvalue weighted by molar-refractivity contribution is 9.10. The Bertz CT molecular complexity index is 404. The summed E-state index contributed by atoms with van der Waals surface area (Å²) in [6, 6.07) is 3.92. The fourth-order valence-corrected chi connectivity index (χ4v) is 1.49. The van der Waals surface area contributed by atoms with E-state index in [9.17, 15) is 13.2 Å². The van der Waals surface area contributed by atoms with E-state index in [-0.39, 0.29) is 10.0 Å². The Kier molecular flexibility index (Phi) is 2.86. The number of alkyl halides is 3. The van der Waals surface area contributed by atoms with Crippen molar-refractivity contribution >= 4 is 15.9 Å². The minimum atomic E-state index is -4.43. The summed E-state index contributed by atoms with van der Waals surface area (Å²) in [6.07, 6.45) is -4.43. The molecule has 0 bridgehead atoms. The largest absolute Gasteiger partial charge is 0.417 e. The van der Waals surface area contributed by atoms with Crippen LogP contribution in [-0.4, -0.2) is 0 Å². The molecule has 0 radical (unpaired) electrons. The van der Waals surface area contributed by atoms with Crippen molar-refractivity contribution in [1.82, 2.24) is 0 Å². The molecular weight excluding hydrogens is 259 g/mol. The second kappa shape index (κ2) is 3.62. The Hall–Kier alpha value is -1.02. The van der Waals surface area contributed by atoms with Gasteiger partial charge in [-0.2, -0.15) is 18.4 Å². The van der Waals surface area contributed by atoms with Gasteiger partial charge in [0.05, 0.1) is 17.2 Å². The number of halogens is 4. The molecular formula is C9H5BrF3N. The summed E-state index contributed by atoms with van der Waals surface area (Å²) in [5.74, 6) is 0. The minimum absolute atomic E-state index is 0.0102. The van der Waals surface area contributed by atoms with Crippen LogP contribution in [0, 0.1) is 18.3 Å². The molecule has 1 rings (SSSR count). The standard InChI is InChI=1S/C9H5BrF3N/c1-5-2-6(4-14)3-7(8(5)10)9(11,12)13/h2-3H,1H3. The fourth-order valence-electron chi connectivity index (χ4n) is 1.04. The van der Waals surface area contributed by atoms with Gasteiger partial charge in [0.1, 0.15) is 0 Å². The molecule has 5 heteroatoms. The molecule has 1 nitrogen and oxygen atoms in total. The smallest absolute Gasteiger partial charge is 0.192 e. The lowest BCUT2D eigenvalue weighted by Gasteiger charge is -2.11. The first-order valence-electron chi connectivity index (χ1n) is 3.63. The van der Waals surface area contributed by atoms with Crippen LogP contribution in [0.2, 0.25) is 0 Å². The molecule has 0 atom stereocenters. The predicted molar refractivity (Wildman–Crippen MR) is 48.6 cm³/mol. The Balaban J connectivity index is 3.44. The highest BCUT2D eigenvalue weighted by Crippen LogP contribution is 2.36. The Morgan fingerprint density at radius 2 is 1.93 bits per heavy atom. The molecule has 0 aliphatic heterocycles. The van der Waals surface area contributed by atoms with Crippen LogP contribution in [-0.2, 0) is 6.18 Å². The van der Waals surface area contributed by atoms with Crippen LogP contribution in [0.5, 0.6) is 0 Å². The van der Waals surface area contributed by atoms with Gasteiger partial charge >= 0.3 is 6.18 Å². The third-order valence-corrected chi connectivity index (χ3v) is 2.74. The lowest BCUT2D eigenvalue weighted by atomic mass is 10.1. The van der Waals surface area contributed by atoms with E-state index in [0.29, 0.717) is 5.56 Å². The quantitative estimate of drug-likeness (QED) is 0.701. The van der Waals surface area contributed by atoms with Crippen molar-refractivity contribution in [1.29, 1.82) is 5.26 Å². The average Bonchev–Trinajstić information content (AvgIpc) is 2.07. The van der Waals surface area contributed by atoms with Crippen molar-refractivity contribution < 1.29 is 13.2 Å². The van der Waals surface area contributed by atoms with Crippen molar-refractivity contribution in [3.05, 3.63) is 33.3 Å². The first-order chi connectivity index (χ1) is 6.36. The number of benzene rings is 1. The molecule has 14 heavy (non-hydrogen) atoms. The molecule has 0 saturated carbocycles. The molecule has 0 aliphatic carbocycles. The maximum atomic E-state index is 12.4.